The molecule has 0 aromatic carbocycles. The predicted octanol–water partition coefficient (Wildman–Crippen LogP) is 2.18. The topological polar surface area (TPSA) is 47.0 Å². The minimum atomic E-state index is 0.586. The van der Waals surface area contributed by atoms with E-state index in [9.17, 15) is 0 Å². The van der Waals surface area contributed by atoms with Crippen LogP contribution in [0.15, 0.2) is 6.07 Å². The highest BCUT2D eigenvalue weighted by Gasteiger charge is 2.20. The molecule has 2 rings (SSSR count). The maximum atomic E-state index is 5.01. The average molecular weight is 249 g/mol. The second-order valence-corrected chi connectivity index (χ2v) is 5.01. The number of hydrogen-bond acceptors (Lipinski definition) is 4. The molecule has 4 nitrogen and oxygen atoms in total. The third-order valence-corrected chi connectivity index (χ3v) is 3.43. The Kier molecular flexibility index (Phi) is 5.08. The van der Waals surface area contributed by atoms with E-state index >= 15 is 0 Å². The van der Waals surface area contributed by atoms with Crippen LogP contribution in [0.2, 0.25) is 0 Å². The van der Waals surface area contributed by atoms with Crippen molar-refractivity contribution < 1.29 is 4.74 Å². The van der Waals surface area contributed by atoms with E-state index in [2.05, 4.69) is 23.3 Å². The van der Waals surface area contributed by atoms with Gasteiger partial charge in [-0.15, -0.1) is 0 Å². The molecule has 1 heterocycles. The Morgan fingerprint density at radius 3 is 2.83 bits per heavy atom. The van der Waals surface area contributed by atoms with Crippen molar-refractivity contribution in [2.75, 3.05) is 20.3 Å². The van der Waals surface area contributed by atoms with Crippen LogP contribution in [0.5, 0.6) is 0 Å². The number of methoxy groups -OCH3 is 1. The molecule has 1 aromatic rings. The minimum Gasteiger partial charge on any atom is -0.383 e. The predicted molar refractivity (Wildman–Crippen MR) is 71.6 cm³/mol. The van der Waals surface area contributed by atoms with Gasteiger partial charge in [-0.1, -0.05) is 12.8 Å². The number of aryl methyl sites for hydroxylation is 1. The quantitative estimate of drug-likeness (QED) is 0.785. The summed E-state index contributed by atoms with van der Waals surface area (Å²) in [6, 6.07) is 2.07. The van der Waals surface area contributed by atoms with Gasteiger partial charge in [0.25, 0.3) is 0 Å². The Balaban J connectivity index is 1.97. The van der Waals surface area contributed by atoms with E-state index in [4.69, 9.17) is 9.72 Å². The monoisotopic (exact) mass is 249 g/mol. The van der Waals surface area contributed by atoms with Gasteiger partial charge in [-0.25, -0.2) is 9.97 Å². The summed E-state index contributed by atoms with van der Waals surface area (Å²) in [5, 5.41) is 3.33. The molecule has 1 aromatic heterocycles. The zero-order chi connectivity index (χ0) is 12.8. The van der Waals surface area contributed by atoms with Crippen LogP contribution in [0.1, 0.15) is 48.8 Å². The van der Waals surface area contributed by atoms with Crippen molar-refractivity contribution in [3.63, 3.8) is 0 Å². The van der Waals surface area contributed by atoms with Gasteiger partial charge in [0.15, 0.2) is 0 Å². The maximum absolute atomic E-state index is 5.01. The number of hydrogen-bond donors (Lipinski definition) is 1. The summed E-state index contributed by atoms with van der Waals surface area (Å²) < 4.78 is 5.01. The first-order valence-corrected chi connectivity index (χ1v) is 6.83. The lowest BCUT2D eigenvalue weighted by atomic mass is 10.1. The molecule has 0 saturated heterocycles. The van der Waals surface area contributed by atoms with E-state index in [1.807, 2.05) is 0 Å². The van der Waals surface area contributed by atoms with E-state index < -0.39 is 0 Å². The van der Waals surface area contributed by atoms with E-state index in [1.54, 1.807) is 7.11 Å². The van der Waals surface area contributed by atoms with Gasteiger partial charge in [0, 0.05) is 31.8 Å². The van der Waals surface area contributed by atoms with Gasteiger partial charge in [-0.3, -0.25) is 0 Å². The SMILES string of the molecule is COCCNCc1cc(C)nc(C2CCCC2)n1. The second-order valence-electron chi connectivity index (χ2n) is 5.01. The van der Waals surface area contributed by atoms with E-state index in [0.29, 0.717) is 5.92 Å². The van der Waals surface area contributed by atoms with Crippen molar-refractivity contribution in [3.05, 3.63) is 23.3 Å². The normalized spacial score (nSPS) is 16.3. The molecule has 0 atom stereocenters. The summed E-state index contributed by atoms with van der Waals surface area (Å²) in [6.45, 7) is 4.45. The Morgan fingerprint density at radius 1 is 1.33 bits per heavy atom. The Labute approximate surface area is 109 Å². The van der Waals surface area contributed by atoms with Crippen molar-refractivity contribution in [1.29, 1.82) is 0 Å². The molecule has 18 heavy (non-hydrogen) atoms. The number of aromatic nitrogens is 2. The summed E-state index contributed by atoms with van der Waals surface area (Å²) >= 11 is 0. The van der Waals surface area contributed by atoms with Crippen molar-refractivity contribution in [3.8, 4) is 0 Å². The zero-order valence-electron chi connectivity index (χ0n) is 11.4. The maximum Gasteiger partial charge on any atom is 0.131 e. The fraction of sp³-hybridized carbons (Fsp3) is 0.714. The summed E-state index contributed by atoms with van der Waals surface area (Å²) in [6.07, 6.45) is 5.15. The van der Waals surface area contributed by atoms with Crippen molar-refractivity contribution in [1.82, 2.24) is 15.3 Å². The second kappa shape index (κ2) is 6.81. The first kappa shape index (κ1) is 13.4. The first-order chi connectivity index (χ1) is 8.79. The highest BCUT2D eigenvalue weighted by atomic mass is 16.5. The van der Waals surface area contributed by atoms with Gasteiger partial charge in [-0.2, -0.15) is 0 Å². The van der Waals surface area contributed by atoms with Crippen LogP contribution in [0.25, 0.3) is 0 Å². The van der Waals surface area contributed by atoms with Crippen LogP contribution in [-0.4, -0.2) is 30.2 Å². The van der Waals surface area contributed by atoms with Gasteiger partial charge >= 0.3 is 0 Å². The molecule has 100 valence electrons. The highest BCUT2D eigenvalue weighted by molar-refractivity contribution is 5.13. The molecule has 1 N–H and O–H groups in total. The summed E-state index contributed by atoms with van der Waals surface area (Å²) in [5.74, 6) is 1.64. The number of rotatable bonds is 6. The Bertz CT molecular complexity index is 375. The van der Waals surface area contributed by atoms with Gasteiger partial charge < -0.3 is 10.1 Å². The van der Waals surface area contributed by atoms with E-state index in [0.717, 1.165) is 36.9 Å². The smallest absolute Gasteiger partial charge is 0.131 e. The molecule has 1 saturated carbocycles. The number of ether oxygens (including phenoxy) is 1. The zero-order valence-corrected chi connectivity index (χ0v) is 11.4. The standard InChI is InChI=1S/C14H23N3O/c1-11-9-13(10-15-7-8-18-2)17-14(16-11)12-5-3-4-6-12/h9,12,15H,3-8,10H2,1-2H3. The molecule has 1 aliphatic rings. The first-order valence-electron chi connectivity index (χ1n) is 6.83. The molecule has 0 spiro atoms. The summed E-state index contributed by atoms with van der Waals surface area (Å²) in [4.78, 5) is 9.30. The molecular formula is C14H23N3O. The van der Waals surface area contributed by atoms with Crippen LogP contribution < -0.4 is 5.32 Å². The lowest BCUT2D eigenvalue weighted by Crippen LogP contribution is -2.20. The lowest BCUT2D eigenvalue weighted by Gasteiger charge is -2.11. The van der Waals surface area contributed by atoms with Crippen LogP contribution in [0.4, 0.5) is 0 Å². The van der Waals surface area contributed by atoms with Crippen LogP contribution in [0, 0.1) is 6.92 Å². The van der Waals surface area contributed by atoms with E-state index in [1.165, 1.54) is 25.7 Å². The third-order valence-electron chi connectivity index (χ3n) is 3.43. The Hall–Kier alpha value is -1.00. The van der Waals surface area contributed by atoms with Gasteiger partial charge in [0.1, 0.15) is 5.82 Å². The summed E-state index contributed by atoms with van der Waals surface area (Å²) in [5.41, 5.74) is 2.18. The van der Waals surface area contributed by atoms with Gasteiger partial charge in [0.05, 0.1) is 12.3 Å². The van der Waals surface area contributed by atoms with Gasteiger partial charge in [0.2, 0.25) is 0 Å². The third kappa shape index (κ3) is 3.75. The fourth-order valence-electron chi connectivity index (χ4n) is 2.51. The molecule has 4 heteroatoms. The van der Waals surface area contributed by atoms with Crippen LogP contribution in [0.3, 0.4) is 0 Å². The highest BCUT2D eigenvalue weighted by Crippen LogP contribution is 2.32. The average Bonchev–Trinajstić information content (AvgIpc) is 2.88. The molecule has 0 amide bonds. The van der Waals surface area contributed by atoms with E-state index in [-0.39, 0.29) is 0 Å². The molecule has 0 bridgehead atoms. The molecule has 1 fully saturated rings. The summed E-state index contributed by atoms with van der Waals surface area (Å²) in [7, 11) is 1.72. The minimum absolute atomic E-state index is 0.586. The Morgan fingerprint density at radius 2 is 2.11 bits per heavy atom. The van der Waals surface area contributed by atoms with Crippen LogP contribution in [-0.2, 0) is 11.3 Å². The lowest BCUT2D eigenvalue weighted by molar-refractivity contribution is 0.199. The molecule has 1 aliphatic carbocycles. The molecule has 0 aliphatic heterocycles. The molecule has 0 radical (unpaired) electrons. The number of nitrogens with zero attached hydrogens (tertiary/aromatic N) is 2. The van der Waals surface area contributed by atoms with Crippen molar-refractivity contribution in [2.45, 2.75) is 45.1 Å². The fourth-order valence-corrected chi connectivity index (χ4v) is 2.51. The molecular weight excluding hydrogens is 226 g/mol. The van der Waals surface area contributed by atoms with Crippen LogP contribution >= 0.6 is 0 Å². The molecule has 0 unspecified atom stereocenters. The number of nitrogens with one attached hydrogen (secondary N) is 1. The van der Waals surface area contributed by atoms with Crippen molar-refractivity contribution in [2.24, 2.45) is 0 Å². The largest absolute Gasteiger partial charge is 0.383 e. The van der Waals surface area contributed by atoms with Gasteiger partial charge in [-0.05, 0) is 25.8 Å². The van der Waals surface area contributed by atoms with Crippen molar-refractivity contribution >= 4 is 0 Å².